The van der Waals surface area contributed by atoms with Crippen LogP contribution in [0.3, 0.4) is 0 Å². The summed E-state index contributed by atoms with van der Waals surface area (Å²) in [5.74, 6) is -0.195. The summed E-state index contributed by atoms with van der Waals surface area (Å²) in [5, 5.41) is 3.19. The number of rotatable bonds is 7. The minimum absolute atomic E-state index is 0.195. The monoisotopic (exact) mass is 240 g/mol. The number of anilines is 1. The standard InChI is InChI=1S/C13H21FN2O/c1-4-15-10-11-7-12(14)9-13(8-11)16(2)5-6-17-3/h7-9,15H,4-6,10H2,1-3H3. The van der Waals surface area contributed by atoms with Crippen LogP contribution in [-0.2, 0) is 11.3 Å². The summed E-state index contributed by atoms with van der Waals surface area (Å²) in [6, 6.07) is 5.11. The molecular formula is C13H21FN2O. The third-order valence-corrected chi connectivity index (χ3v) is 2.59. The second-order valence-corrected chi connectivity index (χ2v) is 4.01. The molecule has 0 saturated heterocycles. The Morgan fingerprint density at radius 3 is 2.76 bits per heavy atom. The first-order valence-corrected chi connectivity index (χ1v) is 5.87. The number of benzene rings is 1. The van der Waals surface area contributed by atoms with E-state index in [4.69, 9.17) is 4.74 Å². The summed E-state index contributed by atoms with van der Waals surface area (Å²) >= 11 is 0. The molecule has 1 aromatic rings. The van der Waals surface area contributed by atoms with Crippen LogP contribution in [0.1, 0.15) is 12.5 Å². The maximum Gasteiger partial charge on any atom is 0.125 e. The molecule has 0 aliphatic rings. The Labute approximate surface area is 103 Å². The Morgan fingerprint density at radius 1 is 1.35 bits per heavy atom. The third kappa shape index (κ3) is 4.71. The Hall–Kier alpha value is -1.13. The Kier molecular flexibility index (Phi) is 5.94. The van der Waals surface area contributed by atoms with Crippen molar-refractivity contribution in [3.05, 3.63) is 29.6 Å². The Balaban J connectivity index is 2.73. The zero-order chi connectivity index (χ0) is 12.7. The van der Waals surface area contributed by atoms with Crippen molar-refractivity contribution in [2.75, 3.05) is 38.8 Å². The lowest BCUT2D eigenvalue weighted by molar-refractivity contribution is 0.206. The molecule has 0 amide bonds. The van der Waals surface area contributed by atoms with Crippen LogP contribution in [0.25, 0.3) is 0 Å². The molecule has 0 spiro atoms. The van der Waals surface area contributed by atoms with Crippen LogP contribution in [0, 0.1) is 5.82 Å². The molecule has 0 heterocycles. The highest BCUT2D eigenvalue weighted by atomic mass is 19.1. The molecule has 0 fully saturated rings. The molecular weight excluding hydrogens is 219 g/mol. The first kappa shape index (κ1) is 13.9. The Bertz CT molecular complexity index is 344. The van der Waals surface area contributed by atoms with E-state index in [-0.39, 0.29) is 5.82 Å². The quantitative estimate of drug-likeness (QED) is 0.789. The molecule has 96 valence electrons. The minimum Gasteiger partial charge on any atom is -0.383 e. The van der Waals surface area contributed by atoms with E-state index in [9.17, 15) is 4.39 Å². The van der Waals surface area contributed by atoms with Crippen LogP contribution in [0.15, 0.2) is 18.2 Å². The minimum atomic E-state index is -0.195. The van der Waals surface area contributed by atoms with Crippen molar-refractivity contribution in [3.8, 4) is 0 Å². The van der Waals surface area contributed by atoms with Crippen molar-refractivity contribution in [2.45, 2.75) is 13.5 Å². The van der Waals surface area contributed by atoms with Gasteiger partial charge in [-0.05, 0) is 30.3 Å². The molecule has 0 aliphatic carbocycles. The fraction of sp³-hybridized carbons (Fsp3) is 0.538. The van der Waals surface area contributed by atoms with E-state index in [0.29, 0.717) is 13.2 Å². The summed E-state index contributed by atoms with van der Waals surface area (Å²) in [4.78, 5) is 1.99. The molecule has 1 rings (SSSR count). The van der Waals surface area contributed by atoms with Gasteiger partial charge < -0.3 is 15.0 Å². The third-order valence-electron chi connectivity index (χ3n) is 2.59. The van der Waals surface area contributed by atoms with E-state index in [1.165, 1.54) is 0 Å². The number of ether oxygens (including phenoxy) is 1. The lowest BCUT2D eigenvalue weighted by Gasteiger charge is -2.19. The van der Waals surface area contributed by atoms with E-state index in [1.807, 2.05) is 24.9 Å². The summed E-state index contributed by atoms with van der Waals surface area (Å²) < 4.78 is 18.5. The topological polar surface area (TPSA) is 24.5 Å². The number of likely N-dealkylation sites (N-methyl/N-ethyl adjacent to an activating group) is 1. The highest BCUT2D eigenvalue weighted by Crippen LogP contribution is 2.17. The molecule has 0 saturated carbocycles. The first-order chi connectivity index (χ1) is 8.17. The lowest BCUT2D eigenvalue weighted by atomic mass is 10.2. The molecule has 1 N–H and O–H groups in total. The average molecular weight is 240 g/mol. The van der Waals surface area contributed by atoms with Gasteiger partial charge in [0.15, 0.2) is 0 Å². The van der Waals surface area contributed by atoms with E-state index >= 15 is 0 Å². The summed E-state index contributed by atoms with van der Waals surface area (Å²) in [6.45, 7) is 4.99. The van der Waals surface area contributed by atoms with E-state index in [1.54, 1.807) is 19.2 Å². The number of hydrogen-bond acceptors (Lipinski definition) is 3. The van der Waals surface area contributed by atoms with Gasteiger partial charge in [0.1, 0.15) is 5.82 Å². The second-order valence-electron chi connectivity index (χ2n) is 4.01. The molecule has 17 heavy (non-hydrogen) atoms. The predicted octanol–water partition coefficient (Wildman–Crippen LogP) is 2.02. The highest BCUT2D eigenvalue weighted by Gasteiger charge is 2.05. The number of nitrogens with zero attached hydrogens (tertiary/aromatic N) is 1. The van der Waals surface area contributed by atoms with E-state index in [2.05, 4.69) is 5.32 Å². The van der Waals surface area contributed by atoms with E-state index in [0.717, 1.165) is 24.3 Å². The first-order valence-electron chi connectivity index (χ1n) is 5.87. The van der Waals surface area contributed by atoms with Gasteiger partial charge in [0.25, 0.3) is 0 Å². The normalized spacial score (nSPS) is 10.6. The molecule has 0 aromatic heterocycles. The highest BCUT2D eigenvalue weighted by molar-refractivity contribution is 5.48. The van der Waals surface area contributed by atoms with Crippen molar-refractivity contribution in [2.24, 2.45) is 0 Å². The summed E-state index contributed by atoms with van der Waals surface area (Å²) in [5.41, 5.74) is 1.85. The molecule has 0 atom stereocenters. The van der Waals surface area contributed by atoms with Crippen molar-refractivity contribution in [1.29, 1.82) is 0 Å². The van der Waals surface area contributed by atoms with Crippen LogP contribution >= 0.6 is 0 Å². The predicted molar refractivity (Wildman–Crippen MR) is 68.9 cm³/mol. The van der Waals surface area contributed by atoms with Crippen LogP contribution < -0.4 is 10.2 Å². The molecule has 0 radical (unpaired) electrons. The SMILES string of the molecule is CCNCc1cc(F)cc(N(C)CCOC)c1. The number of halogens is 1. The van der Waals surface area contributed by atoms with Gasteiger partial charge in [-0.2, -0.15) is 0 Å². The zero-order valence-corrected chi connectivity index (χ0v) is 10.8. The van der Waals surface area contributed by atoms with Gasteiger partial charge >= 0.3 is 0 Å². The van der Waals surface area contributed by atoms with Crippen molar-refractivity contribution in [3.63, 3.8) is 0 Å². The summed E-state index contributed by atoms with van der Waals surface area (Å²) in [7, 11) is 3.60. The largest absolute Gasteiger partial charge is 0.383 e. The van der Waals surface area contributed by atoms with Gasteiger partial charge in [0.2, 0.25) is 0 Å². The summed E-state index contributed by atoms with van der Waals surface area (Å²) in [6.07, 6.45) is 0. The molecule has 0 unspecified atom stereocenters. The van der Waals surface area contributed by atoms with Gasteiger partial charge in [-0.15, -0.1) is 0 Å². The maximum absolute atomic E-state index is 13.5. The smallest absolute Gasteiger partial charge is 0.125 e. The van der Waals surface area contributed by atoms with Gasteiger partial charge in [0, 0.05) is 32.9 Å². The maximum atomic E-state index is 13.5. The number of methoxy groups -OCH3 is 1. The fourth-order valence-corrected chi connectivity index (χ4v) is 1.58. The van der Waals surface area contributed by atoms with Gasteiger partial charge in [0.05, 0.1) is 6.61 Å². The van der Waals surface area contributed by atoms with Crippen molar-refractivity contribution < 1.29 is 9.13 Å². The number of hydrogen-bond donors (Lipinski definition) is 1. The van der Waals surface area contributed by atoms with Gasteiger partial charge in [-0.1, -0.05) is 6.92 Å². The van der Waals surface area contributed by atoms with Gasteiger partial charge in [-0.3, -0.25) is 0 Å². The van der Waals surface area contributed by atoms with E-state index < -0.39 is 0 Å². The second kappa shape index (κ2) is 7.25. The van der Waals surface area contributed by atoms with Crippen LogP contribution in [-0.4, -0.2) is 33.9 Å². The van der Waals surface area contributed by atoms with Crippen LogP contribution in [0.4, 0.5) is 10.1 Å². The number of nitrogens with one attached hydrogen (secondary N) is 1. The van der Waals surface area contributed by atoms with Crippen molar-refractivity contribution >= 4 is 5.69 Å². The Morgan fingerprint density at radius 2 is 2.12 bits per heavy atom. The molecule has 1 aromatic carbocycles. The molecule has 0 bridgehead atoms. The molecule has 3 nitrogen and oxygen atoms in total. The zero-order valence-electron chi connectivity index (χ0n) is 10.8. The van der Waals surface area contributed by atoms with Crippen molar-refractivity contribution in [1.82, 2.24) is 5.32 Å². The molecule has 4 heteroatoms. The molecule has 0 aliphatic heterocycles. The van der Waals surface area contributed by atoms with Gasteiger partial charge in [-0.25, -0.2) is 4.39 Å². The average Bonchev–Trinajstić information content (AvgIpc) is 2.32. The van der Waals surface area contributed by atoms with Crippen LogP contribution in [0.5, 0.6) is 0 Å². The lowest BCUT2D eigenvalue weighted by Crippen LogP contribution is -2.22. The fourth-order valence-electron chi connectivity index (χ4n) is 1.58. The van der Waals surface area contributed by atoms with Crippen LogP contribution in [0.2, 0.25) is 0 Å².